The van der Waals surface area contributed by atoms with Crippen LogP contribution in [-0.4, -0.2) is 23.7 Å². The Morgan fingerprint density at radius 2 is 1.57 bits per heavy atom. The molecule has 0 spiro atoms. The Morgan fingerprint density at radius 1 is 1.00 bits per heavy atom. The third-order valence-corrected chi connectivity index (χ3v) is 5.28. The van der Waals surface area contributed by atoms with E-state index >= 15 is 0 Å². The molecule has 0 saturated heterocycles. The van der Waals surface area contributed by atoms with Gasteiger partial charge in [0.05, 0.1) is 12.3 Å². The van der Waals surface area contributed by atoms with E-state index in [1.165, 1.54) is 58.3 Å². The van der Waals surface area contributed by atoms with Gasteiger partial charge < -0.3 is 10.1 Å². The van der Waals surface area contributed by atoms with Crippen molar-refractivity contribution in [1.29, 1.82) is 0 Å². The minimum absolute atomic E-state index is 0.408. The number of unbranched alkanes of at least 4 members (excludes halogenated alkanes) is 9. The summed E-state index contributed by atoms with van der Waals surface area (Å²) in [5.74, 6) is -0.463. The van der Waals surface area contributed by atoms with Gasteiger partial charge in [0.15, 0.2) is 11.2 Å². The van der Waals surface area contributed by atoms with E-state index in [1.54, 1.807) is 18.2 Å². The van der Waals surface area contributed by atoms with Crippen LogP contribution in [0.4, 0.5) is 5.69 Å². The van der Waals surface area contributed by atoms with E-state index in [1.807, 2.05) is 0 Å². The SMILES string of the molecule is CCCCCCCCCCCCOc1ccc(Cl)cc1NC(=O)C(Cl)C(C)=O. The quantitative estimate of drug-likeness (QED) is 0.190. The second kappa shape index (κ2) is 14.7. The molecule has 0 aliphatic carbocycles. The number of hydrogen-bond donors (Lipinski definition) is 1. The Kier molecular flexibility index (Phi) is 13.0. The molecule has 158 valence electrons. The topological polar surface area (TPSA) is 55.4 Å². The summed E-state index contributed by atoms with van der Waals surface area (Å²) in [7, 11) is 0. The zero-order valence-corrected chi connectivity index (χ0v) is 18.6. The highest BCUT2D eigenvalue weighted by Crippen LogP contribution is 2.28. The van der Waals surface area contributed by atoms with Crippen molar-refractivity contribution in [1.82, 2.24) is 0 Å². The zero-order valence-electron chi connectivity index (χ0n) is 17.1. The number of nitrogens with one attached hydrogen (secondary N) is 1. The minimum Gasteiger partial charge on any atom is -0.491 e. The summed E-state index contributed by atoms with van der Waals surface area (Å²) in [6, 6.07) is 5.01. The summed E-state index contributed by atoms with van der Waals surface area (Å²) in [5, 5.41) is 1.86. The normalized spacial score (nSPS) is 11.9. The number of hydrogen-bond acceptors (Lipinski definition) is 3. The van der Waals surface area contributed by atoms with Crippen LogP contribution in [-0.2, 0) is 9.59 Å². The fraction of sp³-hybridized carbons (Fsp3) is 0.636. The molecule has 0 bridgehead atoms. The van der Waals surface area contributed by atoms with Crippen molar-refractivity contribution < 1.29 is 14.3 Å². The number of benzene rings is 1. The number of Topliss-reactive ketones (excluding diaryl/α,β-unsaturated/α-hetero) is 1. The highest BCUT2D eigenvalue weighted by atomic mass is 35.5. The van der Waals surface area contributed by atoms with Crippen molar-refractivity contribution in [2.45, 2.75) is 83.4 Å². The first-order valence-corrected chi connectivity index (χ1v) is 11.1. The molecule has 1 aromatic carbocycles. The third kappa shape index (κ3) is 10.3. The number of halogens is 2. The molecule has 6 heteroatoms. The largest absolute Gasteiger partial charge is 0.491 e. The zero-order chi connectivity index (χ0) is 20.8. The molecule has 28 heavy (non-hydrogen) atoms. The summed E-state index contributed by atoms with van der Waals surface area (Å²) in [6.07, 6.45) is 12.6. The number of ketones is 1. The maximum atomic E-state index is 12.0. The van der Waals surface area contributed by atoms with Gasteiger partial charge in [-0.25, -0.2) is 0 Å². The molecule has 1 amide bonds. The molecule has 0 aliphatic heterocycles. The van der Waals surface area contributed by atoms with Crippen LogP contribution < -0.4 is 10.1 Å². The molecule has 1 rings (SSSR count). The molecule has 0 aliphatic rings. The minimum atomic E-state index is -1.23. The van der Waals surface area contributed by atoms with Crippen molar-refractivity contribution in [2.24, 2.45) is 0 Å². The van der Waals surface area contributed by atoms with E-state index < -0.39 is 17.1 Å². The summed E-state index contributed by atoms with van der Waals surface area (Å²) >= 11 is 11.8. The van der Waals surface area contributed by atoms with Crippen LogP contribution in [0.2, 0.25) is 5.02 Å². The third-order valence-electron chi connectivity index (χ3n) is 4.54. The van der Waals surface area contributed by atoms with E-state index in [4.69, 9.17) is 27.9 Å². The number of amides is 1. The highest BCUT2D eigenvalue weighted by Gasteiger charge is 2.21. The Morgan fingerprint density at radius 3 is 2.14 bits per heavy atom. The van der Waals surface area contributed by atoms with Crippen LogP contribution >= 0.6 is 23.2 Å². The lowest BCUT2D eigenvalue weighted by Crippen LogP contribution is -2.29. The fourth-order valence-electron chi connectivity index (χ4n) is 2.88. The van der Waals surface area contributed by atoms with Crippen LogP contribution in [0.1, 0.15) is 78.1 Å². The first kappa shape index (κ1) is 24.8. The summed E-state index contributed by atoms with van der Waals surface area (Å²) in [4.78, 5) is 23.3. The van der Waals surface area contributed by atoms with E-state index in [-0.39, 0.29) is 0 Å². The molecule has 0 heterocycles. The van der Waals surface area contributed by atoms with Crippen LogP contribution in [0, 0.1) is 0 Å². The molecule has 1 N–H and O–H groups in total. The maximum absolute atomic E-state index is 12.0. The van der Waals surface area contributed by atoms with Gasteiger partial charge in [0.2, 0.25) is 5.91 Å². The Hall–Kier alpha value is -1.26. The number of ether oxygens (including phenoxy) is 1. The van der Waals surface area contributed by atoms with E-state index in [2.05, 4.69) is 12.2 Å². The Bertz CT molecular complexity index is 607. The van der Waals surface area contributed by atoms with Gasteiger partial charge in [0.1, 0.15) is 5.75 Å². The van der Waals surface area contributed by atoms with Gasteiger partial charge in [-0.3, -0.25) is 9.59 Å². The molecule has 0 saturated carbocycles. The van der Waals surface area contributed by atoms with Crippen molar-refractivity contribution >= 4 is 40.6 Å². The second-order valence-corrected chi connectivity index (χ2v) is 8.01. The van der Waals surface area contributed by atoms with E-state index in [0.29, 0.717) is 23.1 Å². The van der Waals surface area contributed by atoms with Crippen LogP contribution in [0.15, 0.2) is 18.2 Å². The lowest BCUT2D eigenvalue weighted by molar-refractivity contribution is -0.123. The molecule has 1 unspecified atom stereocenters. The van der Waals surface area contributed by atoms with Crippen LogP contribution in [0.5, 0.6) is 5.75 Å². The first-order valence-electron chi connectivity index (χ1n) is 10.3. The molecule has 0 aromatic heterocycles. The second-order valence-electron chi connectivity index (χ2n) is 7.13. The number of carbonyl (C=O) groups is 2. The molecule has 0 fully saturated rings. The Labute approximate surface area is 179 Å². The lowest BCUT2D eigenvalue weighted by Gasteiger charge is -2.14. The lowest BCUT2D eigenvalue weighted by atomic mass is 10.1. The Balaban J connectivity index is 2.31. The number of rotatable bonds is 15. The number of alkyl halides is 1. The van der Waals surface area contributed by atoms with Gasteiger partial charge in [-0.15, -0.1) is 11.6 Å². The van der Waals surface area contributed by atoms with Crippen molar-refractivity contribution in [2.75, 3.05) is 11.9 Å². The van der Waals surface area contributed by atoms with Gasteiger partial charge in [-0.05, 0) is 31.5 Å². The fourth-order valence-corrected chi connectivity index (χ4v) is 3.10. The summed E-state index contributed by atoms with van der Waals surface area (Å²) < 4.78 is 5.80. The average molecular weight is 430 g/mol. The molecule has 4 nitrogen and oxygen atoms in total. The smallest absolute Gasteiger partial charge is 0.250 e. The van der Waals surface area contributed by atoms with Crippen molar-refractivity contribution in [3.05, 3.63) is 23.2 Å². The monoisotopic (exact) mass is 429 g/mol. The van der Waals surface area contributed by atoms with Crippen molar-refractivity contribution in [3.8, 4) is 5.75 Å². The molecule has 1 aromatic rings. The molecule has 0 radical (unpaired) electrons. The number of anilines is 1. The summed E-state index contributed by atoms with van der Waals surface area (Å²) in [5.41, 5.74) is 0.427. The van der Waals surface area contributed by atoms with Gasteiger partial charge >= 0.3 is 0 Å². The average Bonchev–Trinajstić information content (AvgIpc) is 2.66. The van der Waals surface area contributed by atoms with Gasteiger partial charge in [-0.2, -0.15) is 0 Å². The van der Waals surface area contributed by atoms with Crippen LogP contribution in [0.3, 0.4) is 0 Å². The first-order chi connectivity index (χ1) is 13.5. The van der Waals surface area contributed by atoms with Gasteiger partial charge in [0, 0.05) is 5.02 Å². The predicted octanol–water partition coefficient (Wildman–Crippen LogP) is 6.77. The van der Waals surface area contributed by atoms with E-state index in [9.17, 15) is 9.59 Å². The van der Waals surface area contributed by atoms with Gasteiger partial charge in [0.25, 0.3) is 0 Å². The van der Waals surface area contributed by atoms with Crippen molar-refractivity contribution in [3.63, 3.8) is 0 Å². The predicted molar refractivity (Wildman–Crippen MR) is 118 cm³/mol. The molecular weight excluding hydrogens is 397 g/mol. The highest BCUT2D eigenvalue weighted by molar-refractivity contribution is 6.43. The van der Waals surface area contributed by atoms with Crippen LogP contribution in [0.25, 0.3) is 0 Å². The summed E-state index contributed by atoms with van der Waals surface area (Å²) in [6.45, 7) is 4.08. The molecule has 1 atom stereocenters. The molecular formula is C22H33Cl2NO3. The number of carbonyl (C=O) groups excluding carboxylic acids is 2. The van der Waals surface area contributed by atoms with Gasteiger partial charge in [-0.1, -0.05) is 76.3 Å². The standard InChI is InChI=1S/C22H33Cl2NO3/c1-3-4-5-6-7-8-9-10-11-12-15-28-20-14-13-18(23)16-19(20)25-22(27)21(24)17(2)26/h13-14,16,21H,3-12,15H2,1-2H3,(H,25,27). The maximum Gasteiger partial charge on any atom is 0.250 e. The van der Waals surface area contributed by atoms with E-state index in [0.717, 1.165) is 12.8 Å².